The highest BCUT2D eigenvalue weighted by molar-refractivity contribution is 7.92. The Kier molecular flexibility index (Phi) is 4.50. The smallest absolute Gasteiger partial charge is 0.181 e. The zero-order valence-electron chi connectivity index (χ0n) is 16.0. The van der Waals surface area contributed by atoms with Gasteiger partial charge in [0.25, 0.3) is 0 Å². The van der Waals surface area contributed by atoms with Gasteiger partial charge in [0.05, 0.1) is 10.1 Å². The second-order valence-electron chi connectivity index (χ2n) is 8.42. The van der Waals surface area contributed by atoms with E-state index in [0.29, 0.717) is 4.90 Å². The van der Waals surface area contributed by atoms with Gasteiger partial charge < -0.3 is 4.98 Å². The molecule has 2 heterocycles. The average molecular weight is 395 g/mol. The molecule has 1 N–H and O–H groups in total. The lowest BCUT2D eigenvalue weighted by Crippen LogP contribution is -2.09. The first-order chi connectivity index (χ1) is 13.6. The third-order valence-corrected chi connectivity index (χ3v) is 8.68. The van der Waals surface area contributed by atoms with E-state index in [1.807, 2.05) is 36.5 Å². The number of H-pyrrole nitrogens is 1. The topological polar surface area (TPSA) is 62.8 Å². The van der Waals surface area contributed by atoms with E-state index in [1.165, 1.54) is 36.9 Å². The van der Waals surface area contributed by atoms with Crippen molar-refractivity contribution >= 4 is 20.9 Å². The van der Waals surface area contributed by atoms with Crippen molar-refractivity contribution in [3.8, 4) is 0 Å². The van der Waals surface area contributed by atoms with E-state index >= 15 is 0 Å². The summed E-state index contributed by atoms with van der Waals surface area (Å²) < 4.78 is 25.1. The van der Waals surface area contributed by atoms with Crippen LogP contribution in [-0.2, 0) is 9.84 Å². The summed E-state index contributed by atoms with van der Waals surface area (Å²) in [6.07, 6.45) is 9.75. The quantitative estimate of drug-likeness (QED) is 0.624. The zero-order valence-corrected chi connectivity index (χ0v) is 16.8. The molecule has 5 heteroatoms. The van der Waals surface area contributed by atoms with Gasteiger partial charge in [-0.2, -0.15) is 0 Å². The number of nitrogens with zero attached hydrogens (tertiary/aromatic N) is 1. The van der Waals surface area contributed by atoms with E-state index < -0.39 is 9.84 Å². The van der Waals surface area contributed by atoms with Crippen molar-refractivity contribution in [1.29, 1.82) is 0 Å². The van der Waals surface area contributed by atoms with E-state index in [-0.39, 0.29) is 11.2 Å². The van der Waals surface area contributed by atoms with Gasteiger partial charge >= 0.3 is 0 Å². The highest BCUT2D eigenvalue weighted by Crippen LogP contribution is 2.39. The molecule has 2 fully saturated rings. The van der Waals surface area contributed by atoms with Crippen LogP contribution in [0.15, 0.2) is 53.6 Å². The third-order valence-electron chi connectivity index (χ3n) is 6.41. The fraction of sp³-hybridized carbons (Fsp3) is 0.435. The van der Waals surface area contributed by atoms with E-state index in [0.717, 1.165) is 36.2 Å². The normalized spacial score (nSPS) is 19.3. The number of hydrogen-bond donors (Lipinski definition) is 1. The second kappa shape index (κ2) is 7.03. The molecule has 0 radical (unpaired) electrons. The Morgan fingerprint density at radius 3 is 2.46 bits per heavy atom. The Hall–Kier alpha value is -2.14. The SMILES string of the molecule is O=S(=O)(c1ccc(C(CC2CCCC2)c2cc3cccnc3[nH]2)cc1)C1CC1. The van der Waals surface area contributed by atoms with Crippen LogP contribution in [0.3, 0.4) is 0 Å². The molecule has 3 aromatic rings. The summed E-state index contributed by atoms with van der Waals surface area (Å²) >= 11 is 0. The van der Waals surface area contributed by atoms with Crippen LogP contribution in [0.5, 0.6) is 0 Å². The summed E-state index contributed by atoms with van der Waals surface area (Å²) in [5.41, 5.74) is 3.29. The Labute approximate surface area is 166 Å². The van der Waals surface area contributed by atoms with Crippen molar-refractivity contribution < 1.29 is 8.42 Å². The molecular weight excluding hydrogens is 368 g/mol. The third kappa shape index (κ3) is 3.37. The van der Waals surface area contributed by atoms with Gasteiger partial charge in [-0.25, -0.2) is 13.4 Å². The van der Waals surface area contributed by atoms with Gasteiger partial charge in [0.15, 0.2) is 9.84 Å². The monoisotopic (exact) mass is 394 g/mol. The zero-order chi connectivity index (χ0) is 19.1. The van der Waals surface area contributed by atoms with Crippen molar-refractivity contribution in [3.05, 3.63) is 59.9 Å². The Morgan fingerprint density at radius 1 is 1.04 bits per heavy atom. The van der Waals surface area contributed by atoms with Crippen LogP contribution in [0.1, 0.15) is 62.1 Å². The first kappa shape index (κ1) is 17.9. The van der Waals surface area contributed by atoms with Crippen LogP contribution in [0.4, 0.5) is 0 Å². The van der Waals surface area contributed by atoms with Gasteiger partial charge in [-0.3, -0.25) is 0 Å². The van der Waals surface area contributed by atoms with Gasteiger partial charge in [-0.05, 0) is 61.1 Å². The fourth-order valence-electron chi connectivity index (χ4n) is 4.65. The highest BCUT2D eigenvalue weighted by Gasteiger charge is 2.36. The summed E-state index contributed by atoms with van der Waals surface area (Å²) in [7, 11) is -3.13. The van der Waals surface area contributed by atoms with Crippen molar-refractivity contribution in [1.82, 2.24) is 9.97 Å². The lowest BCUT2D eigenvalue weighted by Gasteiger charge is -2.20. The van der Waals surface area contributed by atoms with Crippen LogP contribution in [0.2, 0.25) is 0 Å². The number of hydrogen-bond acceptors (Lipinski definition) is 3. The van der Waals surface area contributed by atoms with Gasteiger partial charge in [-0.15, -0.1) is 0 Å². The Balaban J connectivity index is 1.50. The number of pyridine rings is 1. The van der Waals surface area contributed by atoms with Crippen molar-refractivity contribution in [3.63, 3.8) is 0 Å². The average Bonchev–Trinajstić information content (AvgIpc) is 3.30. The first-order valence-electron chi connectivity index (χ1n) is 10.4. The van der Waals surface area contributed by atoms with Gasteiger partial charge in [0, 0.05) is 23.2 Å². The molecule has 1 aromatic carbocycles. The van der Waals surface area contributed by atoms with Crippen LogP contribution in [-0.4, -0.2) is 23.6 Å². The van der Waals surface area contributed by atoms with Gasteiger partial charge in [0.1, 0.15) is 5.65 Å². The van der Waals surface area contributed by atoms with Crippen molar-refractivity contribution in [2.45, 2.75) is 61.0 Å². The summed E-state index contributed by atoms with van der Waals surface area (Å²) in [5.74, 6) is 0.981. The lowest BCUT2D eigenvalue weighted by molar-refractivity contribution is 0.469. The maximum Gasteiger partial charge on any atom is 0.181 e. The standard InChI is InChI=1S/C23H26N2O2S/c26-28(27,20-11-12-20)19-9-7-17(8-10-19)21(14-16-4-1-2-5-16)22-15-18-6-3-13-24-23(18)25-22/h3,6-10,13,15-16,20-21H,1-2,4-5,11-12,14H2,(H,24,25). The van der Waals surface area contributed by atoms with Gasteiger partial charge in [-0.1, -0.05) is 37.8 Å². The molecule has 1 unspecified atom stereocenters. The Bertz CT molecular complexity index is 1040. The number of nitrogens with one attached hydrogen (secondary N) is 1. The molecule has 1 atom stereocenters. The van der Waals surface area contributed by atoms with E-state index in [2.05, 4.69) is 22.1 Å². The summed E-state index contributed by atoms with van der Waals surface area (Å²) in [6.45, 7) is 0. The molecular formula is C23H26N2O2S. The molecule has 28 heavy (non-hydrogen) atoms. The van der Waals surface area contributed by atoms with Crippen LogP contribution in [0.25, 0.3) is 11.0 Å². The first-order valence-corrected chi connectivity index (χ1v) is 11.9. The fourth-order valence-corrected chi connectivity index (χ4v) is 6.31. The van der Waals surface area contributed by atoms with Gasteiger partial charge in [0.2, 0.25) is 0 Å². The van der Waals surface area contributed by atoms with Crippen molar-refractivity contribution in [2.75, 3.05) is 0 Å². The molecule has 0 aliphatic heterocycles. The number of rotatable bonds is 6. The van der Waals surface area contributed by atoms with E-state index in [1.54, 1.807) is 0 Å². The van der Waals surface area contributed by atoms with Crippen LogP contribution in [0, 0.1) is 5.92 Å². The largest absolute Gasteiger partial charge is 0.343 e. The number of sulfone groups is 1. The maximum atomic E-state index is 12.5. The number of fused-ring (bicyclic) bond motifs is 1. The molecule has 5 rings (SSSR count). The second-order valence-corrected chi connectivity index (χ2v) is 10.6. The predicted molar refractivity (Wildman–Crippen MR) is 111 cm³/mol. The Morgan fingerprint density at radius 2 is 1.79 bits per heavy atom. The van der Waals surface area contributed by atoms with Crippen molar-refractivity contribution in [2.24, 2.45) is 5.92 Å². The minimum absolute atomic E-state index is 0.160. The van der Waals surface area contributed by atoms with Crippen LogP contribution < -0.4 is 0 Å². The molecule has 2 aliphatic rings. The molecule has 0 bridgehead atoms. The van der Waals surface area contributed by atoms with Crippen LogP contribution >= 0.6 is 0 Å². The molecule has 4 nitrogen and oxygen atoms in total. The molecule has 0 amide bonds. The summed E-state index contributed by atoms with van der Waals surface area (Å²) in [6, 6.07) is 13.9. The van der Waals surface area contributed by atoms with E-state index in [4.69, 9.17) is 0 Å². The molecule has 146 valence electrons. The minimum Gasteiger partial charge on any atom is -0.343 e. The van der Waals surface area contributed by atoms with E-state index in [9.17, 15) is 8.42 Å². The predicted octanol–water partition coefficient (Wildman–Crippen LogP) is 5.21. The number of aromatic nitrogens is 2. The number of aromatic amines is 1. The molecule has 2 aliphatic carbocycles. The summed E-state index contributed by atoms with van der Waals surface area (Å²) in [4.78, 5) is 8.43. The summed E-state index contributed by atoms with van der Waals surface area (Å²) in [5, 5.41) is 0.967. The maximum absolute atomic E-state index is 12.5. The highest BCUT2D eigenvalue weighted by atomic mass is 32.2. The number of benzene rings is 1. The molecule has 0 spiro atoms. The lowest BCUT2D eigenvalue weighted by atomic mass is 9.86. The minimum atomic E-state index is -3.13. The molecule has 0 saturated heterocycles. The molecule has 2 aromatic heterocycles. The molecule has 2 saturated carbocycles.